The molecule has 0 bridgehead atoms. The van der Waals surface area contributed by atoms with Crippen molar-refractivity contribution in [1.82, 2.24) is 4.90 Å². The van der Waals surface area contributed by atoms with Gasteiger partial charge in [-0.05, 0) is 36.6 Å². The number of carbonyl (C=O) groups excluding carboxylic acids is 1. The number of benzene rings is 1. The predicted octanol–water partition coefficient (Wildman–Crippen LogP) is 2.67. The smallest absolute Gasteiger partial charge is 0.205 e. The maximum Gasteiger partial charge on any atom is 0.205 e. The molecule has 1 heterocycles. The highest BCUT2D eigenvalue weighted by Gasteiger charge is 2.39. The van der Waals surface area contributed by atoms with E-state index in [9.17, 15) is 15.0 Å². The van der Waals surface area contributed by atoms with E-state index in [2.05, 4.69) is 18.0 Å². The number of Topliss-reactive ketones (excluding diaryl/α,β-unsaturated/α-hetero) is 1. The highest BCUT2D eigenvalue weighted by Crippen LogP contribution is 2.49. The van der Waals surface area contributed by atoms with Crippen molar-refractivity contribution in [2.75, 3.05) is 13.6 Å². The van der Waals surface area contributed by atoms with Gasteiger partial charge in [-0.1, -0.05) is 18.2 Å². The summed E-state index contributed by atoms with van der Waals surface area (Å²) in [7, 11) is 2.09. The fourth-order valence-corrected chi connectivity index (χ4v) is 3.85. The van der Waals surface area contributed by atoms with Gasteiger partial charge in [0, 0.05) is 23.7 Å². The average molecular weight is 283 g/mol. The molecule has 0 aromatic heterocycles. The molecule has 0 amide bonds. The van der Waals surface area contributed by atoms with E-state index in [0.717, 1.165) is 24.1 Å². The fourth-order valence-electron chi connectivity index (χ4n) is 3.85. The van der Waals surface area contributed by atoms with Crippen molar-refractivity contribution in [3.8, 4) is 0 Å². The van der Waals surface area contributed by atoms with Crippen molar-refractivity contribution in [3.63, 3.8) is 0 Å². The Bertz CT molecular complexity index is 730. The summed E-state index contributed by atoms with van der Waals surface area (Å²) >= 11 is 0. The molecule has 4 nitrogen and oxygen atoms in total. The van der Waals surface area contributed by atoms with Gasteiger partial charge in [-0.2, -0.15) is 0 Å². The zero-order valence-corrected chi connectivity index (χ0v) is 11.9. The van der Waals surface area contributed by atoms with E-state index in [1.807, 2.05) is 12.1 Å². The molecule has 0 spiro atoms. The van der Waals surface area contributed by atoms with Gasteiger partial charge < -0.3 is 10.2 Å². The maximum atomic E-state index is 11.9. The van der Waals surface area contributed by atoms with Crippen LogP contribution in [0.2, 0.25) is 0 Å². The molecule has 1 unspecified atom stereocenters. The Morgan fingerprint density at radius 1 is 1.29 bits per heavy atom. The standard InChI is InChI=1S/C17H17NO3/c1-18-6-5-9-3-2-4-10-15(9)12(18)7-11-13(19)8-14(20)17(21)16(10)11/h2-4,12,19,21H,5-8H2,1H3. The largest absolute Gasteiger partial charge is 0.512 e. The first kappa shape index (κ1) is 12.7. The predicted molar refractivity (Wildman–Crippen MR) is 79.0 cm³/mol. The summed E-state index contributed by atoms with van der Waals surface area (Å²) in [6, 6.07) is 6.25. The molecular weight excluding hydrogens is 266 g/mol. The first-order valence-electron chi connectivity index (χ1n) is 7.28. The molecule has 4 heteroatoms. The van der Waals surface area contributed by atoms with Crippen LogP contribution in [0.1, 0.15) is 35.6 Å². The zero-order valence-electron chi connectivity index (χ0n) is 11.9. The van der Waals surface area contributed by atoms with Gasteiger partial charge in [-0.3, -0.25) is 9.69 Å². The lowest BCUT2D eigenvalue weighted by molar-refractivity contribution is -0.117. The van der Waals surface area contributed by atoms with Crippen molar-refractivity contribution in [1.29, 1.82) is 0 Å². The van der Waals surface area contributed by atoms with Crippen LogP contribution in [-0.4, -0.2) is 34.5 Å². The van der Waals surface area contributed by atoms with Crippen LogP contribution >= 0.6 is 0 Å². The molecule has 4 rings (SSSR count). The molecule has 21 heavy (non-hydrogen) atoms. The van der Waals surface area contributed by atoms with Crippen molar-refractivity contribution in [2.24, 2.45) is 0 Å². The number of aliphatic hydroxyl groups excluding tert-OH is 2. The Kier molecular flexibility index (Phi) is 2.54. The summed E-state index contributed by atoms with van der Waals surface area (Å²) < 4.78 is 0. The van der Waals surface area contributed by atoms with Gasteiger partial charge in [0.05, 0.1) is 6.42 Å². The first-order valence-corrected chi connectivity index (χ1v) is 7.28. The maximum absolute atomic E-state index is 11.9. The molecule has 2 aliphatic carbocycles. The summed E-state index contributed by atoms with van der Waals surface area (Å²) in [6.07, 6.45) is 1.54. The topological polar surface area (TPSA) is 60.8 Å². The number of ketones is 1. The lowest BCUT2D eigenvalue weighted by Gasteiger charge is -2.41. The third kappa shape index (κ3) is 1.62. The molecule has 2 N–H and O–H groups in total. The monoisotopic (exact) mass is 283 g/mol. The van der Waals surface area contributed by atoms with E-state index in [1.54, 1.807) is 0 Å². The van der Waals surface area contributed by atoms with E-state index in [-0.39, 0.29) is 24.0 Å². The van der Waals surface area contributed by atoms with Crippen LogP contribution in [0, 0.1) is 0 Å². The zero-order chi connectivity index (χ0) is 14.7. The number of aliphatic hydroxyl groups is 2. The van der Waals surface area contributed by atoms with Crippen LogP contribution < -0.4 is 0 Å². The number of allylic oxidation sites excluding steroid dienone is 3. The molecule has 1 aromatic carbocycles. The van der Waals surface area contributed by atoms with Crippen molar-refractivity contribution in [3.05, 3.63) is 52.0 Å². The molecule has 1 aliphatic heterocycles. The molecular formula is C17H17NO3. The van der Waals surface area contributed by atoms with E-state index in [4.69, 9.17) is 0 Å². The van der Waals surface area contributed by atoms with Crippen LogP contribution in [0.3, 0.4) is 0 Å². The van der Waals surface area contributed by atoms with Crippen molar-refractivity contribution >= 4 is 11.4 Å². The number of hydrogen-bond donors (Lipinski definition) is 2. The number of carbonyl (C=O) groups is 1. The molecule has 3 aliphatic rings. The summed E-state index contributed by atoms with van der Waals surface area (Å²) in [6.45, 7) is 0.985. The van der Waals surface area contributed by atoms with Gasteiger partial charge in [0.15, 0.2) is 5.76 Å². The highest BCUT2D eigenvalue weighted by atomic mass is 16.3. The SMILES string of the molecule is CN1CCc2cccc3c2C1CC1=C(O)CC(=O)C(O)=C13. The van der Waals surface area contributed by atoms with Gasteiger partial charge in [-0.15, -0.1) is 0 Å². The van der Waals surface area contributed by atoms with Crippen LogP contribution in [0.15, 0.2) is 35.3 Å². The number of nitrogens with zero attached hydrogens (tertiary/aromatic N) is 1. The Balaban J connectivity index is 2.05. The third-order valence-corrected chi connectivity index (χ3v) is 4.94. The van der Waals surface area contributed by atoms with Crippen molar-refractivity contribution in [2.45, 2.75) is 25.3 Å². The number of likely N-dealkylation sites (N-methyl/N-ethyl adjacent to an activating group) is 1. The van der Waals surface area contributed by atoms with Crippen molar-refractivity contribution < 1.29 is 15.0 Å². The minimum absolute atomic E-state index is 0.0872. The van der Waals surface area contributed by atoms with E-state index in [1.165, 1.54) is 11.1 Å². The Labute approximate surface area is 123 Å². The lowest BCUT2D eigenvalue weighted by atomic mass is 9.73. The second-order valence-electron chi connectivity index (χ2n) is 6.08. The molecule has 0 fully saturated rings. The van der Waals surface area contributed by atoms with Gasteiger partial charge in [0.25, 0.3) is 0 Å². The quantitative estimate of drug-likeness (QED) is 0.768. The summed E-state index contributed by atoms with van der Waals surface area (Å²) in [5.41, 5.74) is 4.68. The molecule has 1 aromatic rings. The van der Waals surface area contributed by atoms with Crippen LogP contribution in [-0.2, 0) is 11.2 Å². The second kappa shape index (κ2) is 4.21. The van der Waals surface area contributed by atoms with E-state index < -0.39 is 5.78 Å². The first-order chi connectivity index (χ1) is 10.1. The Morgan fingerprint density at radius 3 is 2.90 bits per heavy atom. The average Bonchev–Trinajstić information content (AvgIpc) is 2.48. The lowest BCUT2D eigenvalue weighted by Crippen LogP contribution is -2.36. The van der Waals surface area contributed by atoms with Gasteiger partial charge >= 0.3 is 0 Å². The third-order valence-electron chi connectivity index (χ3n) is 4.94. The minimum atomic E-state index is -0.397. The summed E-state index contributed by atoms with van der Waals surface area (Å²) in [5, 5.41) is 20.4. The highest BCUT2D eigenvalue weighted by molar-refractivity contribution is 6.08. The fraction of sp³-hybridized carbons (Fsp3) is 0.353. The number of fused-ring (bicyclic) bond motifs is 2. The van der Waals surface area contributed by atoms with Crippen LogP contribution in [0.4, 0.5) is 0 Å². The van der Waals surface area contributed by atoms with Gasteiger partial charge in [0.2, 0.25) is 5.78 Å². The van der Waals surface area contributed by atoms with Gasteiger partial charge in [-0.25, -0.2) is 0 Å². The van der Waals surface area contributed by atoms with Crippen LogP contribution in [0.5, 0.6) is 0 Å². The Hall–Kier alpha value is -2.07. The van der Waals surface area contributed by atoms with E-state index in [0.29, 0.717) is 12.0 Å². The second-order valence-corrected chi connectivity index (χ2v) is 6.08. The molecule has 0 saturated carbocycles. The summed E-state index contributed by atoms with van der Waals surface area (Å²) in [5.74, 6) is -0.475. The number of hydrogen-bond acceptors (Lipinski definition) is 4. The van der Waals surface area contributed by atoms with E-state index >= 15 is 0 Å². The number of rotatable bonds is 0. The van der Waals surface area contributed by atoms with Gasteiger partial charge in [0.1, 0.15) is 5.76 Å². The normalized spacial score (nSPS) is 25.0. The minimum Gasteiger partial charge on any atom is -0.512 e. The Morgan fingerprint density at radius 2 is 2.10 bits per heavy atom. The molecule has 1 atom stereocenters. The molecule has 108 valence electrons. The summed E-state index contributed by atoms with van der Waals surface area (Å²) in [4.78, 5) is 14.2. The van der Waals surface area contributed by atoms with Crippen LogP contribution in [0.25, 0.3) is 5.57 Å². The molecule has 0 radical (unpaired) electrons. The molecule has 0 saturated heterocycles.